The Labute approximate surface area is 152 Å². The molecule has 2 aliphatic rings. The van der Waals surface area contributed by atoms with Gasteiger partial charge in [0.15, 0.2) is 0 Å². The number of hydrogen-bond acceptors (Lipinski definition) is 5. The van der Waals surface area contributed by atoms with E-state index in [1.165, 1.54) is 16.2 Å². The molecule has 3 rings (SSSR count). The van der Waals surface area contributed by atoms with Crippen LogP contribution >= 0.6 is 11.3 Å². The van der Waals surface area contributed by atoms with Gasteiger partial charge >= 0.3 is 0 Å². The Morgan fingerprint density at radius 2 is 1.88 bits per heavy atom. The molecular formula is C18H25N3O3S. The summed E-state index contributed by atoms with van der Waals surface area (Å²) in [4.78, 5) is 43.0. The summed E-state index contributed by atoms with van der Waals surface area (Å²) in [5.74, 6) is -0.652. The first-order valence-electron chi connectivity index (χ1n) is 8.88. The van der Waals surface area contributed by atoms with Crippen LogP contribution in [-0.4, -0.2) is 34.2 Å². The van der Waals surface area contributed by atoms with E-state index in [0.29, 0.717) is 0 Å². The van der Waals surface area contributed by atoms with Gasteiger partial charge in [-0.1, -0.05) is 12.8 Å². The van der Waals surface area contributed by atoms with Gasteiger partial charge in [-0.3, -0.25) is 19.3 Å². The minimum atomic E-state index is -0.566. The van der Waals surface area contributed by atoms with E-state index in [1.807, 2.05) is 26.2 Å². The number of thiazole rings is 1. The third-order valence-electron chi connectivity index (χ3n) is 5.10. The van der Waals surface area contributed by atoms with Crippen molar-refractivity contribution in [3.63, 3.8) is 0 Å². The average Bonchev–Trinajstić information content (AvgIpc) is 3.10. The molecule has 1 aliphatic heterocycles. The highest BCUT2D eigenvalue weighted by atomic mass is 32.1. The van der Waals surface area contributed by atoms with Gasteiger partial charge in [0.1, 0.15) is 5.01 Å². The average molecular weight is 363 g/mol. The maximum Gasteiger partial charge on any atom is 0.233 e. The first-order chi connectivity index (χ1) is 11.8. The van der Waals surface area contributed by atoms with Crippen LogP contribution in [0.4, 0.5) is 0 Å². The highest BCUT2D eigenvalue weighted by Crippen LogP contribution is 2.38. The minimum absolute atomic E-state index is 0.0858. The van der Waals surface area contributed by atoms with Gasteiger partial charge in [0.25, 0.3) is 0 Å². The van der Waals surface area contributed by atoms with Gasteiger partial charge in [0.05, 0.1) is 17.4 Å². The number of aromatic nitrogens is 1. The third kappa shape index (κ3) is 3.61. The highest BCUT2D eigenvalue weighted by molar-refractivity contribution is 7.09. The third-order valence-corrected chi connectivity index (χ3v) is 6.38. The predicted octanol–water partition coefficient (Wildman–Crippen LogP) is 2.37. The summed E-state index contributed by atoms with van der Waals surface area (Å²) in [6, 6.07) is 0. The SMILES string of the molecule is Cc1csc(C(C)(C)NC(=O)CCN2C(=O)C3CCCCC3C2=O)n1. The van der Waals surface area contributed by atoms with E-state index in [-0.39, 0.29) is 42.5 Å². The molecule has 6 nitrogen and oxygen atoms in total. The number of nitrogens with zero attached hydrogens (tertiary/aromatic N) is 2. The van der Waals surface area contributed by atoms with E-state index in [2.05, 4.69) is 10.3 Å². The van der Waals surface area contributed by atoms with Gasteiger partial charge < -0.3 is 5.32 Å². The van der Waals surface area contributed by atoms with Gasteiger partial charge in [0, 0.05) is 24.0 Å². The Balaban J connectivity index is 1.57. The van der Waals surface area contributed by atoms with Gasteiger partial charge in [-0.2, -0.15) is 0 Å². The molecule has 1 saturated carbocycles. The van der Waals surface area contributed by atoms with Crippen molar-refractivity contribution in [1.82, 2.24) is 15.2 Å². The summed E-state index contributed by atoms with van der Waals surface area (Å²) in [5, 5.41) is 5.76. The van der Waals surface area contributed by atoms with Crippen LogP contribution < -0.4 is 5.32 Å². The van der Waals surface area contributed by atoms with E-state index < -0.39 is 5.54 Å². The maximum absolute atomic E-state index is 12.4. The molecule has 2 unspecified atom stereocenters. The van der Waals surface area contributed by atoms with E-state index in [1.54, 1.807) is 0 Å². The minimum Gasteiger partial charge on any atom is -0.345 e. The lowest BCUT2D eigenvalue weighted by Gasteiger charge is -2.24. The Hall–Kier alpha value is -1.76. The van der Waals surface area contributed by atoms with Crippen molar-refractivity contribution in [1.29, 1.82) is 0 Å². The summed E-state index contributed by atoms with van der Waals surface area (Å²) >= 11 is 1.51. The number of rotatable bonds is 5. The molecule has 136 valence electrons. The Kier molecular flexibility index (Phi) is 4.95. The van der Waals surface area contributed by atoms with Crippen molar-refractivity contribution >= 4 is 29.1 Å². The standard InChI is InChI=1S/C18H25N3O3S/c1-11-10-25-17(19-11)18(2,3)20-14(22)8-9-21-15(23)12-6-4-5-7-13(12)16(21)24/h10,12-13H,4-9H2,1-3H3,(H,20,22). The van der Waals surface area contributed by atoms with E-state index in [4.69, 9.17) is 0 Å². The topological polar surface area (TPSA) is 79.4 Å². The molecule has 0 radical (unpaired) electrons. The molecule has 0 aromatic carbocycles. The fourth-order valence-electron chi connectivity index (χ4n) is 3.77. The van der Waals surface area contributed by atoms with Crippen LogP contribution in [0.5, 0.6) is 0 Å². The zero-order chi connectivity index (χ0) is 18.2. The first kappa shape index (κ1) is 18.0. The monoisotopic (exact) mass is 363 g/mol. The summed E-state index contributed by atoms with van der Waals surface area (Å²) in [6.07, 6.45) is 3.75. The fraction of sp³-hybridized carbons (Fsp3) is 0.667. The molecule has 0 bridgehead atoms. The lowest BCUT2D eigenvalue weighted by atomic mass is 9.81. The number of carbonyl (C=O) groups is 3. The van der Waals surface area contributed by atoms with Crippen molar-refractivity contribution in [3.8, 4) is 0 Å². The van der Waals surface area contributed by atoms with Crippen molar-refractivity contribution in [3.05, 3.63) is 16.1 Å². The number of hydrogen-bond donors (Lipinski definition) is 1. The lowest BCUT2D eigenvalue weighted by Crippen LogP contribution is -2.43. The zero-order valence-electron chi connectivity index (χ0n) is 15.0. The van der Waals surface area contributed by atoms with Crippen molar-refractivity contribution in [2.45, 2.75) is 58.4 Å². The molecule has 25 heavy (non-hydrogen) atoms. The van der Waals surface area contributed by atoms with Crippen molar-refractivity contribution in [2.75, 3.05) is 6.54 Å². The number of carbonyl (C=O) groups excluding carboxylic acids is 3. The van der Waals surface area contributed by atoms with Crippen LogP contribution in [0.15, 0.2) is 5.38 Å². The smallest absolute Gasteiger partial charge is 0.233 e. The van der Waals surface area contributed by atoms with E-state index in [0.717, 1.165) is 36.4 Å². The van der Waals surface area contributed by atoms with Gasteiger partial charge in [-0.05, 0) is 33.6 Å². The molecule has 2 fully saturated rings. The number of aryl methyl sites for hydroxylation is 1. The van der Waals surface area contributed by atoms with Crippen LogP contribution in [0.2, 0.25) is 0 Å². The van der Waals surface area contributed by atoms with Crippen LogP contribution in [0.3, 0.4) is 0 Å². The first-order valence-corrected chi connectivity index (χ1v) is 9.76. The quantitative estimate of drug-likeness (QED) is 0.815. The second-order valence-electron chi connectivity index (χ2n) is 7.54. The molecule has 2 atom stereocenters. The fourth-order valence-corrected chi connectivity index (χ4v) is 4.65. The summed E-state index contributed by atoms with van der Waals surface area (Å²) in [7, 11) is 0. The molecule has 1 aromatic rings. The van der Waals surface area contributed by atoms with Crippen LogP contribution in [0.1, 0.15) is 56.7 Å². The number of imide groups is 1. The Morgan fingerprint density at radius 1 is 1.28 bits per heavy atom. The molecule has 3 amide bonds. The molecule has 2 heterocycles. The molecule has 1 N–H and O–H groups in total. The summed E-state index contributed by atoms with van der Waals surface area (Å²) in [5.41, 5.74) is 0.362. The second-order valence-corrected chi connectivity index (χ2v) is 8.40. The molecule has 1 saturated heterocycles. The van der Waals surface area contributed by atoms with Crippen LogP contribution in [0.25, 0.3) is 0 Å². The number of fused-ring (bicyclic) bond motifs is 1. The van der Waals surface area contributed by atoms with E-state index in [9.17, 15) is 14.4 Å². The van der Waals surface area contributed by atoms with E-state index >= 15 is 0 Å². The van der Waals surface area contributed by atoms with Crippen molar-refractivity contribution in [2.24, 2.45) is 11.8 Å². The molecule has 0 spiro atoms. The Bertz CT molecular complexity index is 673. The summed E-state index contributed by atoms with van der Waals surface area (Å²) < 4.78 is 0. The zero-order valence-corrected chi connectivity index (χ0v) is 15.8. The number of amides is 3. The number of likely N-dealkylation sites (tertiary alicyclic amines) is 1. The summed E-state index contributed by atoms with van der Waals surface area (Å²) in [6.45, 7) is 5.90. The van der Waals surface area contributed by atoms with Gasteiger partial charge in [-0.25, -0.2) is 4.98 Å². The molecule has 1 aliphatic carbocycles. The maximum atomic E-state index is 12.4. The van der Waals surface area contributed by atoms with Crippen molar-refractivity contribution < 1.29 is 14.4 Å². The molecular weight excluding hydrogens is 338 g/mol. The highest BCUT2D eigenvalue weighted by Gasteiger charge is 2.47. The Morgan fingerprint density at radius 3 is 2.40 bits per heavy atom. The van der Waals surface area contributed by atoms with Gasteiger partial charge in [-0.15, -0.1) is 11.3 Å². The normalized spacial score (nSPS) is 23.7. The van der Waals surface area contributed by atoms with Crippen LogP contribution in [0, 0.1) is 18.8 Å². The largest absolute Gasteiger partial charge is 0.345 e. The second kappa shape index (κ2) is 6.86. The number of nitrogens with one attached hydrogen (secondary N) is 1. The molecule has 1 aromatic heterocycles. The predicted molar refractivity (Wildman–Crippen MR) is 94.8 cm³/mol. The van der Waals surface area contributed by atoms with Crippen LogP contribution in [-0.2, 0) is 19.9 Å². The van der Waals surface area contributed by atoms with Gasteiger partial charge in [0.2, 0.25) is 17.7 Å². The molecule has 7 heteroatoms. The lowest BCUT2D eigenvalue weighted by molar-refractivity contribution is -0.140.